The van der Waals surface area contributed by atoms with Crippen LogP contribution in [0.5, 0.6) is 0 Å². The lowest BCUT2D eigenvalue weighted by Crippen LogP contribution is -2.25. The van der Waals surface area contributed by atoms with Crippen LogP contribution in [0.2, 0.25) is 0 Å². The SMILES string of the molecule is CC(C)(O)c1cccc(SNC(=O)Nc2c3c(cc4c2C(=O)CC4)CCC3)c1. The number of hydrogen-bond donors (Lipinski definition) is 3. The van der Waals surface area contributed by atoms with Crippen molar-refractivity contribution < 1.29 is 14.7 Å². The average Bonchev–Trinajstić information content (AvgIpc) is 3.26. The molecule has 146 valence electrons. The van der Waals surface area contributed by atoms with Crippen molar-refractivity contribution in [2.24, 2.45) is 0 Å². The fraction of sp³-hybridized carbons (Fsp3) is 0.364. The van der Waals surface area contributed by atoms with Gasteiger partial charge in [0.15, 0.2) is 5.78 Å². The Labute approximate surface area is 169 Å². The van der Waals surface area contributed by atoms with E-state index in [-0.39, 0.29) is 11.8 Å². The van der Waals surface area contributed by atoms with Gasteiger partial charge in [0.1, 0.15) is 0 Å². The Hall–Kier alpha value is -2.31. The number of carbonyl (C=O) groups is 2. The van der Waals surface area contributed by atoms with Crippen LogP contribution >= 0.6 is 11.9 Å². The van der Waals surface area contributed by atoms with Crippen molar-refractivity contribution in [3.05, 3.63) is 58.1 Å². The van der Waals surface area contributed by atoms with Crippen LogP contribution in [0.15, 0.2) is 35.2 Å². The van der Waals surface area contributed by atoms with Gasteiger partial charge in [0.05, 0.1) is 11.3 Å². The van der Waals surface area contributed by atoms with E-state index in [0.717, 1.165) is 47.3 Å². The number of aliphatic hydroxyl groups is 1. The topological polar surface area (TPSA) is 78.4 Å². The maximum absolute atomic E-state index is 12.6. The number of anilines is 1. The molecule has 4 rings (SSSR count). The van der Waals surface area contributed by atoms with Crippen LogP contribution in [-0.2, 0) is 24.9 Å². The smallest absolute Gasteiger partial charge is 0.329 e. The quantitative estimate of drug-likeness (QED) is 0.671. The number of rotatable bonds is 4. The zero-order valence-corrected chi connectivity index (χ0v) is 16.9. The van der Waals surface area contributed by atoms with E-state index in [1.807, 2.05) is 24.3 Å². The first-order valence-corrected chi connectivity index (χ1v) is 10.4. The third kappa shape index (κ3) is 3.66. The molecular weight excluding hydrogens is 372 g/mol. The van der Waals surface area contributed by atoms with Crippen molar-refractivity contribution in [2.75, 3.05) is 5.32 Å². The van der Waals surface area contributed by atoms with Crippen LogP contribution in [0, 0.1) is 0 Å². The minimum atomic E-state index is -0.940. The van der Waals surface area contributed by atoms with Gasteiger partial charge in [0.2, 0.25) is 0 Å². The number of urea groups is 1. The van der Waals surface area contributed by atoms with Gasteiger partial charge in [0.25, 0.3) is 0 Å². The molecule has 2 aliphatic carbocycles. The Kier molecular flexibility index (Phi) is 4.93. The van der Waals surface area contributed by atoms with Crippen LogP contribution in [0.4, 0.5) is 10.5 Å². The summed E-state index contributed by atoms with van der Waals surface area (Å²) in [5, 5.41) is 13.1. The molecule has 3 N–H and O–H groups in total. The first kappa shape index (κ1) is 19.0. The largest absolute Gasteiger partial charge is 0.386 e. The third-order valence-corrected chi connectivity index (χ3v) is 6.20. The number of ketones is 1. The highest BCUT2D eigenvalue weighted by molar-refractivity contribution is 7.98. The zero-order valence-electron chi connectivity index (χ0n) is 16.1. The summed E-state index contributed by atoms with van der Waals surface area (Å²) in [6, 6.07) is 9.24. The molecule has 28 heavy (non-hydrogen) atoms. The Morgan fingerprint density at radius 2 is 1.93 bits per heavy atom. The molecule has 0 heterocycles. The zero-order chi connectivity index (χ0) is 19.9. The molecule has 2 amide bonds. The third-order valence-electron chi connectivity index (χ3n) is 5.42. The van der Waals surface area contributed by atoms with Gasteiger partial charge in [0, 0.05) is 16.9 Å². The number of amides is 2. The monoisotopic (exact) mass is 396 g/mol. The highest BCUT2D eigenvalue weighted by atomic mass is 32.2. The van der Waals surface area contributed by atoms with Gasteiger partial charge < -0.3 is 10.4 Å². The van der Waals surface area contributed by atoms with Crippen molar-refractivity contribution in [3.8, 4) is 0 Å². The minimum Gasteiger partial charge on any atom is -0.386 e. The second-order valence-corrected chi connectivity index (χ2v) is 8.82. The lowest BCUT2D eigenvalue weighted by molar-refractivity contribution is 0.0783. The molecular formula is C22H24N2O3S. The Balaban J connectivity index is 1.51. The minimum absolute atomic E-state index is 0.116. The van der Waals surface area contributed by atoms with E-state index in [4.69, 9.17) is 0 Å². The molecule has 0 radical (unpaired) electrons. The molecule has 0 aromatic heterocycles. The lowest BCUT2D eigenvalue weighted by atomic mass is 9.98. The van der Waals surface area contributed by atoms with E-state index in [1.165, 1.54) is 17.5 Å². The highest BCUT2D eigenvalue weighted by Crippen LogP contribution is 2.38. The van der Waals surface area contributed by atoms with E-state index in [2.05, 4.69) is 16.1 Å². The Morgan fingerprint density at radius 1 is 1.11 bits per heavy atom. The number of nitrogens with one attached hydrogen (secondary N) is 2. The second kappa shape index (κ2) is 7.26. The fourth-order valence-corrected chi connectivity index (χ4v) is 4.61. The summed E-state index contributed by atoms with van der Waals surface area (Å²) >= 11 is 1.19. The molecule has 0 fully saturated rings. The van der Waals surface area contributed by atoms with E-state index in [9.17, 15) is 14.7 Å². The molecule has 0 spiro atoms. The van der Waals surface area contributed by atoms with Gasteiger partial charge in [-0.15, -0.1) is 0 Å². The molecule has 0 saturated carbocycles. The number of fused-ring (bicyclic) bond motifs is 2. The molecule has 0 saturated heterocycles. The molecule has 0 unspecified atom stereocenters. The first-order chi connectivity index (χ1) is 13.3. The summed E-state index contributed by atoms with van der Waals surface area (Å²) in [7, 11) is 0. The number of aryl methyl sites for hydroxylation is 2. The van der Waals surface area contributed by atoms with Gasteiger partial charge in [-0.3, -0.25) is 9.52 Å². The molecule has 0 bridgehead atoms. The van der Waals surface area contributed by atoms with Crippen molar-refractivity contribution in [1.82, 2.24) is 4.72 Å². The number of carbonyl (C=O) groups excluding carboxylic acids is 2. The number of benzene rings is 2. The summed E-state index contributed by atoms with van der Waals surface area (Å²) in [6.45, 7) is 3.45. The fourth-order valence-electron chi connectivity index (χ4n) is 4.02. The average molecular weight is 397 g/mol. The number of Topliss-reactive ketones (excluding diaryl/α,β-unsaturated/α-hetero) is 1. The van der Waals surface area contributed by atoms with Crippen LogP contribution in [0.25, 0.3) is 0 Å². The summed E-state index contributed by atoms with van der Waals surface area (Å²) in [6.07, 6.45) is 4.24. The Bertz CT molecular complexity index is 963. The molecule has 5 nitrogen and oxygen atoms in total. The normalized spacial score (nSPS) is 15.3. The van der Waals surface area contributed by atoms with Crippen LogP contribution in [-0.4, -0.2) is 16.9 Å². The van der Waals surface area contributed by atoms with Crippen LogP contribution in [0.3, 0.4) is 0 Å². The summed E-state index contributed by atoms with van der Waals surface area (Å²) in [5.41, 5.74) is 4.67. The molecule has 0 atom stereocenters. The summed E-state index contributed by atoms with van der Waals surface area (Å²) < 4.78 is 2.80. The van der Waals surface area contributed by atoms with Crippen LogP contribution < -0.4 is 10.0 Å². The molecule has 2 aliphatic rings. The first-order valence-electron chi connectivity index (χ1n) is 9.60. The van der Waals surface area contributed by atoms with E-state index in [0.29, 0.717) is 17.7 Å². The predicted octanol–water partition coefficient (Wildman–Crippen LogP) is 4.36. The molecule has 0 aliphatic heterocycles. The second-order valence-electron chi connectivity index (χ2n) is 7.95. The summed E-state index contributed by atoms with van der Waals surface area (Å²) in [4.78, 5) is 25.8. The van der Waals surface area contributed by atoms with E-state index in [1.54, 1.807) is 13.8 Å². The van der Waals surface area contributed by atoms with Gasteiger partial charge in [-0.05, 0) is 85.9 Å². The van der Waals surface area contributed by atoms with Crippen molar-refractivity contribution in [3.63, 3.8) is 0 Å². The van der Waals surface area contributed by atoms with Gasteiger partial charge in [-0.1, -0.05) is 18.2 Å². The molecule has 2 aromatic carbocycles. The van der Waals surface area contributed by atoms with Crippen molar-refractivity contribution in [1.29, 1.82) is 0 Å². The van der Waals surface area contributed by atoms with Gasteiger partial charge >= 0.3 is 6.03 Å². The molecule has 6 heteroatoms. The van der Waals surface area contributed by atoms with Crippen LogP contribution in [0.1, 0.15) is 59.3 Å². The van der Waals surface area contributed by atoms with E-state index >= 15 is 0 Å². The van der Waals surface area contributed by atoms with E-state index < -0.39 is 5.60 Å². The Morgan fingerprint density at radius 3 is 2.71 bits per heavy atom. The standard InChI is InChI=1S/C22H24N2O3S/c1-22(2,27)15-6-4-7-16(12-15)28-24-21(26)23-20-17-8-3-5-13(17)11-14-9-10-18(25)19(14)20/h4,6-7,11-12,27H,3,5,8-10H2,1-2H3,(H2,23,24,26). The maximum atomic E-state index is 12.6. The lowest BCUT2D eigenvalue weighted by Gasteiger charge is -2.18. The highest BCUT2D eigenvalue weighted by Gasteiger charge is 2.29. The van der Waals surface area contributed by atoms with Crippen molar-refractivity contribution in [2.45, 2.75) is 56.4 Å². The van der Waals surface area contributed by atoms with Gasteiger partial charge in [-0.2, -0.15) is 0 Å². The maximum Gasteiger partial charge on any atom is 0.329 e. The van der Waals surface area contributed by atoms with Gasteiger partial charge in [-0.25, -0.2) is 4.79 Å². The summed E-state index contributed by atoms with van der Waals surface area (Å²) in [5.74, 6) is 0.116. The van der Waals surface area contributed by atoms with Crippen molar-refractivity contribution >= 4 is 29.4 Å². The predicted molar refractivity (Wildman–Crippen MR) is 111 cm³/mol. The molecule has 2 aromatic rings. The number of hydrogen-bond acceptors (Lipinski definition) is 4.